The zero-order valence-electron chi connectivity index (χ0n) is 18.4. The van der Waals surface area contributed by atoms with Crippen LogP contribution in [0, 0.1) is 4.77 Å². The summed E-state index contributed by atoms with van der Waals surface area (Å²) in [5.41, 5.74) is 1.42. The molecular weight excluding hydrogens is 456 g/mol. The first-order valence-electron chi connectivity index (χ1n) is 10.3. The second kappa shape index (κ2) is 9.75. The molecule has 0 spiro atoms. The van der Waals surface area contributed by atoms with Crippen LogP contribution < -0.4 is 10.3 Å². The molecule has 0 aliphatic heterocycles. The number of benzene rings is 2. The maximum absolute atomic E-state index is 12.6. The summed E-state index contributed by atoms with van der Waals surface area (Å²) in [6, 6.07) is 13.6. The standard InChI is InChI=1S/C24H22N4O5S/c1-32-20-10-6-5-9-19(20)28-22(30)16(21(29)27-24(28)34)13-26-18(23(31)33-2)11-14-12-25-17-8-4-3-7-15(14)17/h3-10,12-13,18,25,30H,11H2,1-2H3,(H,27,29,34). The highest BCUT2D eigenvalue weighted by atomic mass is 32.1. The first-order chi connectivity index (χ1) is 16.4. The lowest BCUT2D eigenvalue weighted by atomic mass is 10.1. The number of hydrogen-bond donors (Lipinski definition) is 3. The summed E-state index contributed by atoms with van der Waals surface area (Å²) in [6.45, 7) is 0. The number of carbonyl (C=O) groups excluding carboxylic acids is 1. The van der Waals surface area contributed by atoms with Crippen LogP contribution in [0.15, 0.2) is 64.5 Å². The fourth-order valence-corrected chi connectivity index (χ4v) is 3.98. The van der Waals surface area contributed by atoms with E-state index in [9.17, 15) is 14.7 Å². The van der Waals surface area contributed by atoms with Gasteiger partial charge in [-0.05, 0) is 36.0 Å². The van der Waals surface area contributed by atoms with Crippen LogP contribution in [-0.4, -0.2) is 52.1 Å². The lowest BCUT2D eigenvalue weighted by Gasteiger charge is -2.14. The number of fused-ring (bicyclic) bond motifs is 1. The molecule has 4 aromatic rings. The van der Waals surface area contributed by atoms with Gasteiger partial charge in [0.25, 0.3) is 5.56 Å². The summed E-state index contributed by atoms with van der Waals surface area (Å²) in [7, 11) is 2.76. The van der Waals surface area contributed by atoms with E-state index in [1.54, 1.807) is 24.3 Å². The number of aromatic hydroxyl groups is 1. The van der Waals surface area contributed by atoms with Crippen LogP contribution in [0.1, 0.15) is 11.1 Å². The molecule has 4 rings (SSSR count). The highest BCUT2D eigenvalue weighted by molar-refractivity contribution is 7.71. The first kappa shape index (κ1) is 23.0. The molecule has 0 saturated carbocycles. The van der Waals surface area contributed by atoms with E-state index in [-0.39, 0.29) is 16.8 Å². The Bertz CT molecular complexity index is 1500. The molecule has 0 aliphatic rings. The molecule has 2 aromatic heterocycles. The van der Waals surface area contributed by atoms with Crippen molar-refractivity contribution in [2.24, 2.45) is 4.99 Å². The van der Waals surface area contributed by atoms with E-state index >= 15 is 0 Å². The van der Waals surface area contributed by atoms with Gasteiger partial charge in [0.1, 0.15) is 11.3 Å². The van der Waals surface area contributed by atoms with Gasteiger partial charge in [0, 0.05) is 29.7 Å². The van der Waals surface area contributed by atoms with Gasteiger partial charge in [0.15, 0.2) is 10.8 Å². The number of aliphatic imine (C=N–C) groups is 1. The third kappa shape index (κ3) is 4.35. The summed E-state index contributed by atoms with van der Waals surface area (Å²) >= 11 is 5.26. The Kier molecular flexibility index (Phi) is 6.60. The van der Waals surface area contributed by atoms with Crippen molar-refractivity contribution in [2.75, 3.05) is 14.2 Å². The monoisotopic (exact) mass is 478 g/mol. The molecule has 2 aromatic carbocycles. The number of methoxy groups -OCH3 is 2. The van der Waals surface area contributed by atoms with E-state index < -0.39 is 23.5 Å². The van der Waals surface area contributed by atoms with Crippen LogP contribution in [0.5, 0.6) is 11.6 Å². The quantitative estimate of drug-likeness (QED) is 0.213. The molecular formula is C24H22N4O5S. The highest BCUT2D eigenvalue weighted by Crippen LogP contribution is 2.27. The molecule has 0 aliphatic carbocycles. The Labute approximate surface area is 199 Å². The average molecular weight is 479 g/mol. The van der Waals surface area contributed by atoms with Crippen molar-refractivity contribution in [1.29, 1.82) is 0 Å². The molecule has 0 bridgehead atoms. The van der Waals surface area contributed by atoms with Gasteiger partial charge in [-0.3, -0.25) is 19.3 Å². The Morgan fingerprint density at radius 2 is 1.94 bits per heavy atom. The van der Waals surface area contributed by atoms with Gasteiger partial charge in [-0.25, -0.2) is 4.79 Å². The second-order valence-electron chi connectivity index (χ2n) is 7.38. The Hall–Kier alpha value is -4.18. The Morgan fingerprint density at radius 3 is 2.71 bits per heavy atom. The van der Waals surface area contributed by atoms with Crippen LogP contribution in [0.3, 0.4) is 0 Å². The van der Waals surface area contributed by atoms with Gasteiger partial charge >= 0.3 is 5.97 Å². The highest BCUT2D eigenvalue weighted by Gasteiger charge is 2.21. The van der Waals surface area contributed by atoms with Crippen LogP contribution in [-0.2, 0) is 16.0 Å². The zero-order valence-corrected chi connectivity index (χ0v) is 19.3. The minimum atomic E-state index is -0.939. The number of aromatic nitrogens is 3. The van der Waals surface area contributed by atoms with Gasteiger partial charge in [0.05, 0.1) is 19.9 Å². The number of carbonyl (C=O) groups is 1. The summed E-state index contributed by atoms with van der Waals surface area (Å²) in [6.07, 6.45) is 3.20. The lowest BCUT2D eigenvalue weighted by molar-refractivity contribution is -0.142. The fourth-order valence-electron chi connectivity index (χ4n) is 3.70. The maximum Gasteiger partial charge on any atom is 0.330 e. The van der Waals surface area contributed by atoms with Gasteiger partial charge in [0.2, 0.25) is 5.88 Å². The Morgan fingerprint density at radius 1 is 1.21 bits per heavy atom. The molecule has 9 nitrogen and oxygen atoms in total. The normalized spacial score (nSPS) is 12.2. The van der Waals surface area contributed by atoms with Gasteiger partial charge in [-0.2, -0.15) is 0 Å². The number of rotatable bonds is 7. The van der Waals surface area contributed by atoms with Crippen LogP contribution >= 0.6 is 12.2 Å². The number of hydrogen-bond acceptors (Lipinski definition) is 7. The third-order valence-electron chi connectivity index (χ3n) is 5.39. The van der Waals surface area contributed by atoms with Crippen molar-refractivity contribution in [3.63, 3.8) is 0 Å². The van der Waals surface area contributed by atoms with Gasteiger partial charge in [-0.15, -0.1) is 0 Å². The molecule has 1 unspecified atom stereocenters. The van der Waals surface area contributed by atoms with Crippen LogP contribution in [0.4, 0.5) is 0 Å². The molecule has 174 valence electrons. The predicted octanol–water partition coefficient (Wildman–Crippen LogP) is 3.29. The Balaban J connectivity index is 1.75. The minimum Gasteiger partial charge on any atom is -0.495 e. The minimum absolute atomic E-state index is 0.0209. The summed E-state index contributed by atoms with van der Waals surface area (Å²) in [4.78, 5) is 35.1. The lowest BCUT2D eigenvalue weighted by Crippen LogP contribution is -2.24. The van der Waals surface area contributed by atoms with Crippen LogP contribution in [0.2, 0.25) is 0 Å². The molecule has 10 heteroatoms. The molecule has 3 N–H and O–H groups in total. The second-order valence-corrected chi connectivity index (χ2v) is 7.77. The van der Waals surface area contributed by atoms with Crippen molar-refractivity contribution in [1.82, 2.24) is 14.5 Å². The zero-order chi connectivity index (χ0) is 24.2. The van der Waals surface area contributed by atoms with E-state index in [0.29, 0.717) is 11.4 Å². The topological polar surface area (TPSA) is 122 Å². The number of nitrogens with zero attached hydrogens (tertiary/aromatic N) is 2. The van der Waals surface area contributed by atoms with Crippen molar-refractivity contribution in [2.45, 2.75) is 12.5 Å². The van der Waals surface area contributed by atoms with E-state index in [1.165, 1.54) is 18.8 Å². The molecule has 1 atom stereocenters. The average Bonchev–Trinajstić information content (AvgIpc) is 3.25. The van der Waals surface area contributed by atoms with E-state index in [1.807, 2.05) is 30.5 Å². The van der Waals surface area contributed by atoms with E-state index in [0.717, 1.165) is 22.7 Å². The van der Waals surface area contributed by atoms with Gasteiger partial charge < -0.3 is 19.6 Å². The summed E-state index contributed by atoms with van der Waals surface area (Å²) < 4.78 is 11.5. The van der Waals surface area contributed by atoms with Crippen molar-refractivity contribution < 1.29 is 19.4 Å². The van der Waals surface area contributed by atoms with Crippen molar-refractivity contribution >= 4 is 35.3 Å². The van der Waals surface area contributed by atoms with Crippen LogP contribution in [0.25, 0.3) is 16.6 Å². The smallest absolute Gasteiger partial charge is 0.330 e. The molecule has 0 saturated heterocycles. The molecule has 0 fully saturated rings. The summed E-state index contributed by atoms with van der Waals surface area (Å²) in [5, 5.41) is 11.9. The SMILES string of the molecule is COC(=O)C(Cc1c[nH]c2ccccc12)N=Cc1c(O)n(-c2ccccc2OC)c(=S)[nH]c1=O. The largest absolute Gasteiger partial charge is 0.495 e. The molecule has 0 amide bonds. The number of ether oxygens (including phenoxy) is 2. The maximum atomic E-state index is 12.6. The van der Waals surface area contributed by atoms with Gasteiger partial charge in [-0.1, -0.05) is 30.3 Å². The number of aromatic amines is 2. The van der Waals surface area contributed by atoms with Crippen molar-refractivity contribution in [3.05, 3.63) is 81.0 Å². The molecule has 0 radical (unpaired) electrons. The number of esters is 1. The summed E-state index contributed by atoms with van der Waals surface area (Å²) in [5.74, 6) is -0.566. The number of nitrogens with one attached hydrogen (secondary N) is 2. The first-order valence-corrected chi connectivity index (χ1v) is 10.7. The third-order valence-corrected chi connectivity index (χ3v) is 5.68. The number of para-hydroxylation sites is 3. The fraction of sp³-hybridized carbons (Fsp3) is 0.167. The van der Waals surface area contributed by atoms with E-state index in [2.05, 4.69) is 15.0 Å². The van der Waals surface area contributed by atoms with E-state index in [4.69, 9.17) is 21.7 Å². The predicted molar refractivity (Wildman–Crippen MR) is 131 cm³/mol. The number of H-pyrrole nitrogens is 2. The molecule has 34 heavy (non-hydrogen) atoms. The van der Waals surface area contributed by atoms with Crippen molar-refractivity contribution in [3.8, 4) is 17.3 Å². The molecule has 2 heterocycles.